The van der Waals surface area contributed by atoms with Crippen LogP contribution in [0, 0.1) is 6.92 Å². The maximum atomic E-state index is 12.6. The SMILES string of the molecule is Cc1c(NC(=O)CCCOCCc2ccccc2)cccc1C(=O)Nc1ccccc1. The smallest absolute Gasteiger partial charge is 0.256 e. The van der Waals surface area contributed by atoms with E-state index >= 15 is 0 Å². The van der Waals surface area contributed by atoms with Crippen molar-refractivity contribution < 1.29 is 14.3 Å². The third kappa shape index (κ3) is 7.08. The Morgan fingerprint density at radius 3 is 2.26 bits per heavy atom. The number of ether oxygens (including phenoxy) is 1. The van der Waals surface area contributed by atoms with E-state index in [1.54, 1.807) is 12.1 Å². The van der Waals surface area contributed by atoms with E-state index in [0.29, 0.717) is 37.3 Å². The van der Waals surface area contributed by atoms with Crippen LogP contribution in [0.3, 0.4) is 0 Å². The van der Waals surface area contributed by atoms with Crippen LogP contribution in [0.4, 0.5) is 11.4 Å². The second-order valence-corrected chi connectivity index (χ2v) is 7.30. The zero-order valence-electron chi connectivity index (χ0n) is 17.8. The van der Waals surface area contributed by atoms with Gasteiger partial charge in [-0.2, -0.15) is 0 Å². The van der Waals surface area contributed by atoms with Crippen LogP contribution in [-0.4, -0.2) is 25.0 Å². The van der Waals surface area contributed by atoms with Gasteiger partial charge in [-0.3, -0.25) is 9.59 Å². The van der Waals surface area contributed by atoms with Crippen molar-refractivity contribution in [2.75, 3.05) is 23.8 Å². The summed E-state index contributed by atoms with van der Waals surface area (Å²) < 4.78 is 5.64. The average molecular weight is 417 g/mol. The molecule has 31 heavy (non-hydrogen) atoms. The number of hydrogen-bond acceptors (Lipinski definition) is 3. The summed E-state index contributed by atoms with van der Waals surface area (Å²) in [7, 11) is 0. The number of para-hydroxylation sites is 1. The first-order valence-corrected chi connectivity index (χ1v) is 10.5. The summed E-state index contributed by atoms with van der Waals surface area (Å²) in [5, 5.41) is 5.79. The van der Waals surface area contributed by atoms with Crippen LogP contribution in [-0.2, 0) is 16.0 Å². The largest absolute Gasteiger partial charge is 0.381 e. The Morgan fingerprint density at radius 1 is 0.806 bits per heavy atom. The summed E-state index contributed by atoms with van der Waals surface area (Å²) in [5.41, 5.74) is 3.89. The first-order chi connectivity index (χ1) is 15.1. The number of carbonyl (C=O) groups is 2. The van der Waals surface area contributed by atoms with E-state index in [9.17, 15) is 9.59 Å². The number of rotatable bonds is 10. The van der Waals surface area contributed by atoms with E-state index in [2.05, 4.69) is 22.8 Å². The van der Waals surface area contributed by atoms with E-state index in [1.807, 2.05) is 61.5 Å². The molecule has 3 aromatic rings. The molecule has 0 fully saturated rings. The van der Waals surface area contributed by atoms with Crippen molar-refractivity contribution in [2.45, 2.75) is 26.2 Å². The molecule has 0 radical (unpaired) electrons. The van der Waals surface area contributed by atoms with Crippen LogP contribution in [0.15, 0.2) is 78.9 Å². The predicted octanol–water partition coefficient (Wildman–Crippen LogP) is 5.23. The van der Waals surface area contributed by atoms with Gasteiger partial charge < -0.3 is 15.4 Å². The predicted molar refractivity (Wildman–Crippen MR) is 124 cm³/mol. The highest BCUT2D eigenvalue weighted by atomic mass is 16.5. The lowest BCUT2D eigenvalue weighted by Crippen LogP contribution is -2.17. The van der Waals surface area contributed by atoms with Gasteiger partial charge >= 0.3 is 0 Å². The van der Waals surface area contributed by atoms with Crippen LogP contribution >= 0.6 is 0 Å². The molecular weight excluding hydrogens is 388 g/mol. The van der Waals surface area contributed by atoms with Crippen molar-refractivity contribution in [2.24, 2.45) is 0 Å². The normalized spacial score (nSPS) is 10.5. The van der Waals surface area contributed by atoms with Gasteiger partial charge in [0.2, 0.25) is 5.91 Å². The number of anilines is 2. The monoisotopic (exact) mass is 416 g/mol. The molecule has 0 heterocycles. The minimum atomic E-state index is -0.202. The number of benzene rings is 3. The van der Waals surface area contributed by atoms with E-state index < -0.39 is 0 Å². The summed E-state index contributed by atoms with van der Waals surface area (Å²) in [6.45, 7) is 3.02. The van der Waals surface area contributed by atoms with Crippen LogP contribution in [0.25, 0.3) is 0 Å². The summed E-state index contributed by atoms with van der Waals surface area (Å²) >= 11 is 0. The minimum Gasteiger partial charge on any atom is -0.381 e. The second-order valence-electron chi connectivity index (χ2n) is 7.30. The summed E-state index contributed by atoms with van der Waals surface area (Å²) in [4.78, 5) is 24.9. The lowest BCUT2D eigenvalue weighted by atomic mass is 10.1. The minimum absolute atomic E-state index is 0.0876. The average Bonchev–Trinajstić information content (AvgIpc) is 2.79. The van der Waals surface area contributed by atoms with Gasteiger partial charge in [-0.25, -0.2) is 0 Å². The van der Waals surface area contributed by atoms with Crippen LogP contribution < -0.4 is 10.6 Å². The molecule has 0 aliphatic heterocycles. The molecule has 3 aromatic carbocycles. The molecule has 2 amide bonds. The fourth-order valence-corrected chi connectivity index (χ4v) is 3.22. The lowest BCUT2D eigenvalue weighted by Gasteiger charge is -2.13. The Bertz CT molecular complexity index is 988. The molecule has 5 heteroatoms. The molecule has 5 nitrogen and oxygen atoms in total. The van der Waals surface area contributed by atoms with Crippen molar-refractivity contribution in [3.8, 4) is 0 Å². The number of carbonyl (C=O) groups excluding carboxylic acids is 2. The van der Waals surface area contributed by atoms with Gasteiger partial charge in [-0.1, -0.05) is 54.6 Å². The van der Waals surface area contributed by atoms with E-state index in [0.717, 1.165) is 17.7 Å². The zero-order valence-corrected chi connectivity index (χ0v) is 17.8. The molecule has 0 saturated heterocycles. The van der Waals surface area contributed by atoms with E-state index in [1.165, 1.54) is 5.56 Å². The Morgan fingerprint density at radius 2 is 1.52 bits per heavy atom. The van der Waals surface area contributed by atoms with Crippen molar-refractivity contribution in [1.29, 1.82) is 0 Å². The van der Waals surface area contributed by atoms with Crippen LogP contribution in [0.5, 0.6) is 0 Å². The first-order valence-electron chi connectivity index (χ1n) is 10.5. The summed E-state index contributed by atoms with van der Waals surface area (Å²) in [6.07, 6.45) is 1.88. The maximum absolute atomic E-state index is 12.6. The fraction of sp³-hybridized carbons (Fsp3) is 0.231. The van der Waals surface area contributed by atoms with Gasteiger partial charge in [-0.05, 0) is 55.2 Å². The molecular formula is C26H28N2O3. The third-order valence-electron chi connectivity index (χ3n) is 4.95. The summed E-state index contributed by atoms with van der Waals surface area (Å²) in [5.74, 6) is -0.290. The molecule has 0 saturated carbocycles. The molecule has 0 aliphatic carbocycles. The maximum Gasteiger partial charge on any atom is 0.256 e. The fourth-order valence-electron chi connectivity index (χ4n) is 3.22. The van der Waals surface area contributed by atoms with E-state index in [-0.39, 0.29) is 11.8 Å². The molecule has 0 aromatic heterocycles. The molecule has 0 bridgehead atoms. The molecule has 0 spiro atoms. The lowest BCUT2D eigenvalue weighted by molar-refractivity contribution is -0.116. The molecule has 0 aliphatic rings. The van der Waals surface area contributed by atoms with Crippen molar-refractivity contribution in [3.63, 3.8) is 0 Å². The van der Waals surface area contributed by atoms with Crippen LogP contribution in [0.1, 0.15) is 34.3 Å². The van der Waals surface area contributed by atoms with Gasteiger partial charge in [-0.15, -0.1) is 0 Å². The number of hydrogen-bond donors (Lipinski definition) is 2. The van der Waals surface area contributed by atoms with Gasteiger partial charge in [0.25, 0.3) is 5.91 Å². The molecule has 3 rings (SSSR count). The quantitative estimate of drug-likeness (QED) is 0.445. The molecule has 0 atom stereocenters. The second kappa shape index (κ2) is 11.7. The number of nitrogens with one attached hydrogen (secondary N) is 2. The zero-order chi connectivity index (χ0) is 21.9. The molecule has 160 valence electrons. The standard InChI is InChI=1S/C26H28N2O3/c1-20-23(26(30)27-22-12-6-3-7-13-22)14-8-15-24(20)28-25(29)16-9-18-31-19-17-21-10-4-2-5-11-21/h2-8,10-15H,9,16-19H2,1H3,(H,27,30)(H,28,29). The van der Waals surface area contributed by atoms with Gasteiger partial charge in [0.05, 0.1) is 6.61 Å². The van der Waals surface area contributed by atoms with Crippen molar-refractivity contribution >= 4 is 23.2 Å². The van der Waals surface area contributed by atoms with Crippen LogP contribution in [0.2, 0.25) is 0 Å². The van der Waals surface area contributed by atoms with Gasteiger partial charge in [0.1, 0.15) is 0 Å². The number of amides is 2. The summed E-state index contributed by atoms with van der Waals surface area (Å²) in [6, 6.07) is 24.8. The molecule has 2 N–H and O–H groups in total. The highest BCUT2D eigenvalue weighted by molar-refractivity contribution is 6.06. The highest BCUT2D eigenvalue weighted by Gasteiger charge is 2.13. The Kier molecular flexibility index (Phi) is 8.38. The van der Waals surface area contributed by atoms with Gasteiger partial charge in [0.15, 0.2) is 0 Å². The third-order valence-corrected chi connectivity index (χ3v) is 4.95. The molecule has 0 unspecified atom stereocenters. The van der Waals surface area contributed by atoms with E-state index in [4.69, 9.17) is 4.74 Å². The first kappa shape index (κ1) is 22.2. The Hall–Kier alpha value is -3.44. The van der Waals surface area contributed by atoms with Crippen molar-refractivity contribution in [1.82, 2.24) is 0 Å². The topological polar surface area (TPSA) is 67.4 Å². The Balaban J connectivity index is 1.43. The van der Waals surface area contributed by atoms with Crippen molar-refractivity contribution in [3.05, 3.63) is 95.6 Å². The Labute approximate surface area is 183 Å². The van der Waals surface area contributed by atoms with Gasteiger partial charge in [0, 0.05) is 30.0 Å². The highest BCUT2D eigenvalue weighted by Crippen LogP contribution is 2.20.